The number of aromatic nitrogens is 2. The third-order valence-electron chi connectivity index (χ3n) is 4.19. The lowest BCUT2D eigenvalue weighted by molar-refractivity contribution is 0.396. The first-order valence-electron chi connectivity index (χ1n) is 9.17. The fourth-order valence-corrected chi connectivity index (χ4v) is 2.94. The molecule has 0 bridgehead atoms. The molecule has 1 heterocycles. The normalized spacial score (nSPS) is 11.5. The van der Waals surface area contributed by atoms with Crippen molar-refractivity contribution in [3.8, 4) is 5.75 Å². The van der Waals surface area contributed by atoms with Gasteiger partial charge in [0.25, 0.3) is 0 Å². The number of guanidine groups is 1. The lowest BCUT2D eigenvalue weighted by atomic mass is 10.2. The summed E-state index contributed by atoms with van der Waals surface area (Å²) in [6.07, 6.45) is 0.958. The Kier molecular flexibility index (Phi) is 7.51. The largest absolute Gasteiger partial charge is 0.496 e. The zero-order valence-corrected chi connectivity index (χ0v) is 16.6. The molecule has 0 aliphatic carbocycles. The Morgan fingerprint density at radius 3 is 2.73 bits per heavy atom. The highest BCUT2D eigenvalue weighted by atomic mass is 16.5. The number of aliphatic imine (C=N–C) groups is 1. The van der Waals surface area contributed by atoms with E-state index in [9.17, 15) is 0 Å². The van der Waals surface area contributed by atoms with E-state index in [1.54, 1.807) is 7.11 Å². The van der Waals surface area contributed by atoms with Crippen LogP contribution in [0.25, 0.3) is 0 Å². The van der Waals surface area contributed by atoms with Gasteiger partial charge in [-0.2, -0.15) is 5.10 Å². The van der Waals surface area contributed by atoms with Gasteiger partial charge in [0.2, 0.25) is 0 Å². The number of nitrogens with one attached hydrogen (secondary N) is 1. The van der Waals surface area contributed by atoms with Crippen LogP contribution in [0.5, 0.6) is 5.75 Å². The Labute approximate surface area is 156 Å². The number of rotatable bonds is 8. The SMILES string of the molecule is CCNC(=NCCCn1nc(C)cc1C)N(C)Cc1ccccc1OC. The summed E-state index contributed by atoms with van der Waals surface area (Å²) in [5.74, 6) is 1.81. The Morgan fingerprint density at radius 1 is 1.31 bits per heavy atom. The second-order valence-electron chi connectivity index (χ2n) is 6.41. The average molecular weight is 358 g/mol. The number of ether oxygens (including phenoxy) is 1. The summed E-state index contributed by atoms with van der Waals surface area (Å²) in [6.45, 7) is 9.43. The van der Waals surface area contributed by atoms with Gasteiger partial charge < -0.3 is 15.0 Å². The minimum atomic E-state index is 0.743. The fraction of sp³-hybridized carbons (Fsp3) is 0.500. The summed E-state index contributed by atoms with van der Waals surface area (Å²) < 4.78 is 7.50. The van der Waals surface area contributed by atoms with Gasteiger partial charge in [-0.1, -0.05) is 18.2 Å². The van der Waals surface area contributed by atoms with Crippen LogP contribution in [0, 0.1) is 13.8 Å². The first-order chi connectivity index (χ1) is 12.5. The van der Waals surface area contributed by atoms with Crippen LogP contribution >= 0.6 is 0 Å². The van der Waals surface area contributed by atoms with Crippen LogP contribution in [0.3, 0.4) is 0 Å². The fourth-order valence-electron chi connectivity index (χ4n) is 2.94. The Morgan fingerprint density at radius 2 is 2.08 bits per heavy atom. The minimum Gasteiger partial charge on any atom is -0.496 e. The second-order valence-corrected chi connectivity index (χ2v) is 6.41. The van der Waals surface area contributed by atoms with Crippen LogP contribution in [-0.4, -0.2) is 47.9 Å². The van der Waals surface area contributed by atoms with Crippen molar-refractivity contribution in [2.45, 2.75) is 40.3 Å². The molecule has 0 atom stereocenters. The van der Waals surface area contributed by atoms with Crippen LogP contribution in [0.4, 0.5) is 0 Å². The maximum atomic E-state index is 5.45. The van der Waals surface area contributed by atoms with Gasteiger partial charge >= 0.3 is 0 Å². The molecule has 0 unspecified atom stereocenters. The molecule has 0 fully saturated rings. The van der Waals surface area contributed by atoms with Gasteiger partial charge in [-0.15, -0.1) is 0 Å². The van der Waals surface area contributed by atoms with Crippen molar-refractivity contribution in [3.05, 3.63) is 47.3 Å². The zero-order valence-electron chi connectivity index (χ0n) is 16.6. The Hall–Kier alpha value is -2.50. The first kappa shape index (κ1) is 19.8. The Bertz CT molecular complexity index is 723. The van der Waals surface area contributed by atoms with Crippen LogP contribution in [0.1, 0.15) is 30.3 Å². The molecule has 2 aromatic rings. The van der Waals surface area contributed by atoms with E-state index in [1.165, 1.54) is 5.69 Å². The van der Waals surface area contributed by atoms with Gasteiger partial charge in [-0.05, 0) is 39.3 Å². The molecule has 6 nitrogen and oxygen atoms in total. The predicted molar refractivity (Wildman–Crippen MR) is 107 cm³/mol. The monoisotopic (exact) mass is 357 g/mol. The molecule has 1 aromatic heterocycles. The van der Waals surface area contributed by atoms with Gasteiger partial charge in [0, 0.05) is 44.5 Å². The lowest BCUT2D eigenvalue weighted by Gasteiger charge is -2.23. The van der Waals surface area contributed by atoms with E-state index in [0.717, 1.165) is 55.6 Å². The second kappa shape index (κ2) is 9.85. The Balaban J connectivity index is 1.95. The molecule has 0 saturated heterocycles. The number of hydrogen-bond donors (Lipinski definition) is 1. The maximum absolute atomic E-state index is 5.45. The molecule has 0 aliphatic heterocycles. The van der Waals surface area contributed by atoms with E-state index in [1.807, 2.05) is 25.1 Å². The lowest BCUT2D eigenvalue weighted by Crippen LogP contribution is -2.38. The van der Waals surface area contributed by atoms with Crippen LogP contribution in [-0.2, 0) is 13.1 Å². The zero-order chi connectivity index (χ0) is 18.9. The predicted octanol–water partition coefficient (Wildman–Crippen LogP) is 3.00. The van der Waals surface area contributed by atoms with E-state index < -0.39 is 0 Å². The summed E-state index contributed by atoms with van der Waals surface area (Å²) in [6, 6.07) is 10.2. The van der Waals surface area contributed by atoms with Gasteiger partial charge in [-0.3, -0.25) is 9.67 Å². The molecule has 0 amide bonds. The first-order valence-corrected chi connectivity index (χ1v) is 9.17. The van der Waals surface area contributed by atoms with Gasteiger partial charge in [0.05, 0.1) is 12.8 Å². The third kappa shape index (κ3) is 5.51. The van der Waals surface area contributed by atoms with E-state index in [0.29, 0.717) is 0 Å². The van der Waals surface area contributed by atoms with E-state index in [-0.39, 0.29) is 0 Å². The highest BCUT2D eigenvalue weighted by molar-refractivity contribution is 5.79. The molecule has 0 radical (unpaired) electrons. The number of benzene rings is 1. The van der Waals surface area contributed by atoms with Crippen molar-refractivity contribution in [3.63, 3.8) is 0 Å². The van der Waals surface area contributed by atoms with Crippen LogP contribution in [0.2, 0.25) is 0 Å². The third-order valence-corrected chi connectivity index (χ3v) is 4.19. The number of aryl methyl sites for hydroxylation is 3. The molecular formula is C20H31N5O. The average Bonchev–Trinajstić information content (AvgIpc) is 2.95. The summed E-state index contributed by atoms with van der Waals surface area (Å²) in [4.78, 5) is 6.90. The van der Waals surface area contributed by atoms with Crippen LogP contribution in [0.15, 0.2) is 35.3 Å². The quantitative estimate of drug-likeness (QED) is 0.448. The van der Waals surface area contributed by atoms with Crippen molar-refractivity contribution >= 4 is 5.96 Å². The van der Waals surface area contributed by atoms with E-state index >= 15 is 0 Å². The molecule has 0 aliphatic rings. The molecule has 0 saturated carbocycles. The molecule has 1 N–H and O–H groups in total. The molecule has 1 aromatic carbocycles. The number of hydrogen-bond acceptors (Lipinski definition) is 3. The van der Waals surface area contributed by atoms with Crippen molar-refractivity contribution in [1.29, 1.82) is 0 Å². The molecule has 2 rings (SSSR count). The molecule has 26 heavy (non-hydrogen) atoms. The maximum Gasteiger partial charge on any atom is 0.193 e. The number of nitrogens with zero attached hydrogens (tertiary/aromatic N) is 4. The van der Waals surface area contributed by atoms with E-state index in [2.05, 4.69) is 53.0 Å². The summed E-state index contributed by atoms with van der Waals surface area (Å²) in [7, 11) is 3.76. The number of para-hydroxylation sites is 1. The minimum absolute atomic E-state index is 0.743. The highest BCUT2D eigenvalue weighted by Gasteiger charge is 2.09. The molecule has 6 heteroatoms. The van der Waals surface area contributed by atoms with Crippen molar-refractivity contribution in [1.82, 2.24) is 20.0 Å². The highest BCUT2D eigenvalue weighted by Crippen LogP contribution is 2.18. The van der Waals surface area contributed by atoms with Crippen molar-refractivity contribution in [2.75, 3.05) is 27.2 Å². The van der Waals surface area contributed by atoms with Gasteiger partial charge in [0.15, 0.2) is 5.96 Å². The van der Waals surface area contributed by atoms with Crippen LogP contribution < -0.4 is 10.1 Å². The standard InChI is InChI=1S/C20H31N5O/c1-6-21-20(22-12-9-13-25-17(3)14-16(2)23-25)24(4)15-18-10-7-8-11-19(18)26-5/h7-8,10-11,14H,6,9,12-13,15H2,1-5H3,(H,21,22). The molecule has 142 valence electrons. The van der Waals surface area contributed by atoms with Crippen molar-refractivity contribution < 1.29 is 4.74 Å². The molecular weight excluding hydrogens is 326 g/mol. The topological polar surface area (TPSA) is 54.7 Å². The summed E-state index contributed by atoms with van der Waals surface area (Å²) in [5, 5.41) is 7.87. The summed E-state index contributed by atoms with van der Waals surface area (Å²) in [5.41, 5.74) is 3.41. The smallest absolute Gasteiger partial charge is 0.193 e. The van der Waals surface area contributed by atoms with Gasteiger partial charge in [0.1, 0.15) is 5.75 Å². The number of methoxy groups -OCH3 is 1. The molecule has 0 spiro atoms. The summed E-state index contributed by atoms with van der Waals surface area (Å²) >= 11 is 0. The van der Waals surface area contributed by atoms with E-state index in [4.69, 9.17) is 9.73 Å². The van der Waals surface area contributed by atoms with Crippen molar-refractivity contribution in [2.24, 2.45) is 4.99 Å². The van der Waals surface area contributed by atoms with Gasteiger partial charge in [-0.25, -0.2) is 0 Å².